The number of aryl methyl sites for hydroxylation is 1. The van der Waals surface area contributed by atoms with Gasteiger partial charge in [-0.1, -0.05) is 0 Å². The Morgan fingerprint density at radius 1 is 1.45 bits per heavy atom. The van der Waals surface area contributed by atoms with Crippen LogP contribution in [0.3, 0.4) is 0 Å². The van der Waals surface area contributed by atoms with Crippen LogP contribution < -0.4 is 0 Å². The van der Waals surface area contributed by atoms with Crippen LogP contribution in [0.5, 0.6) is 0 Å². The SMILES string of the molecule is Cc1nccc(CCl)c1C.Cl. The fourth-order valence-corrected chi connectivity index (χ4v) is 1.13. The number of hydrogen-bond donors (Lipinski definition) is 0. The molecule has 1 aromatic rings. The Labute approximate surface area is 78.2 Å². The van der Waals surface area contributed by atoms with Crippen LogP contribution in [-0.2, 0) is 5.88 Å². The Balaban J connectivity index is 0.000001000. The molecule has 1 nitrogen and oxygen atoms in total. The number of aromatic nitrogens is 1. The summed E-state index contributed by atoms with van der Waals surface area (Å²) in [7, 11) is 0. The van der Waals surface area contributed by atoms with Gasteiger partial charge in [0.1, 0.15) is 0 Å². The lowest BCUT2D eigenvalue weighted by atomic mass is 10.1. The molecule has 3 heteroatoms. The van der Waals surface area contributed by atoms with Crippen molar-refractivity contribution >= 4 is 24.0 Å². The summed E-state index contributed by atoms with van der Waals surface area (Å²) in [6, 6.07) is 1.95. The van der Waals surface area contributed by atoms with Gasteiger partial charge in [0.2, 0.25) is 0 Å². The lowest BCUT2D eigenvalue weighted by molar-refractivity contribution is 1.11. The third kappa shape index (κ3) is 2.35. The summed E-state index contributed by atoms with van der Waals surface area (Å²) in [4.78, 5) is 4.13. The molecule has 1 rings (SSSR count). The van der Waals surface area contributed by atoms with Crippen molar-refractivity contribution in [1.29, 1.82) is 0 Å². The molecule has 0 aliphatic heterocycles. The van der Waals surface area contributed by atoms with E-state index in [1.807, 2.05) is 19.9 Å². The molecule has 0 N–H and O–H groups in total. The van der Waals surface area contributed by atoms with Gasteiger partial charge < -0.3 is 0 Å². The number of nitrogens with zero attached hydrogens (tertiary/aromatic N) is 1. The molecule has 0 bridgehead atoms. The quantitative estimate of drug-likeness (QED) is 0.623. The average molecular weight is 192 g/mol. The fourth-order valence-electron chi connectivity index (χ4n) is 0.838. The largest absolute Gasteiger partial charge is 0.261 e. The number of alkyl halides is 1. The van der Waals surface area contributed by atoms with Crippen LogP contribution in [0.4, 0.5) is 0 Å². The number of halogens is 2. The molecule has 0 saturated heterocycles. The minimum Gasteiger partial charge on any atom is -0.261 e. The van der Waals surface area contributed by atoms with E-state index in [1.54, 1.807) is 6.20 Å². The van der Waals surface area contributed by atoms with Gasteiger partial charge in [-0.25, -0.2) is 0 Å². The summed E-state index contributed by atoms with van der Waals surface area (Å²) in [5.41, 5.74) is 3.45. The fraction of sp³-hybridized carbons (Fsp3) is 0.375. The van der Waals surface area contributed by atoms with Gasteiger partial charge in [-0.05, 0) is 31.0 Å². The average Bonchev–Trinajstić information content (AvgIpc) is 1.95. The Hall–Kier alpha value is -0.270. The van der Waals surface area contributed by atoms with Crippen molar-refractivity contribution in [2.75, 3.05) is 0 Å². The van der Waals surface area contributed by atoms with Crippen molar-refractivity contribution in [3.63, 3.8) is 0 Å². The molecule has 0 radical (unpaired) electrons. The highest BCUT2D eigenvalue weighted by atomic mass is 35.5. The van der Waals surface area contributed by atoms with Crippen LogP contribution in [0.1, 0.15) is 16.8 Å². The molecule has 1 aromatic heterocycles. The number of rotatable bonds is 1. The van der Waals surface area contributed by atoms with Crippen molar-refractivity contribution in [2.24, 2.45) is 0 Å². The summed E-state index contributed by atoms with van der Waals surface area (Å²) in [6.45, 7) is 4.03. The Kier molecular flexibility index (Phi) is 4.46. The van der Waals surface area contributed by atoms with Crippen LogP contribution in [0.25, 0.3) is 0 Å². The van der Waals surface area contributed by atoms with Gasteiger partial charge in [0.15, 0.2) is 0 Å². The molecule has 0 amide bonds. The zero-order chi connectivity index (χ0) is 7.56. The molecule has 0 unspecified atom stereocenters. The summed E-state index contributed by atoms with van der Waals surface area (Å²) < 4.78 is 0. The monoisotopic (exact) mass is 191 g/mol. The van der Waals surface area contributed by atoms with Gasteiger partial charge in [-0.2, -0.15) is 0 Å². The maximum atomic E-state index is 5.68. The Morgan fingerprint density at radius 2 is 2.09 bits per heavy atom. The zero-order valence-electron chi connectivity index (χ0n) is 6.60. The molecule has 0 fully saturated rings. The van der Waals surface area contributed by atoms with Gasteiger partial charge in [0, 0.05) is 17.8 Å². The summed E-state index contributed by atoms with van der Waals surface area (Å²) >= 11 is 5.68. The second-order valence-corrected chi connectivity index (χ2v) is 2.58. The molecule has 0 spiro atoms. The topological polar surface area (TPSA) is 12.9 Å². The first-order valence-corrected chi connectivity index (χ1v) is 3.76. The molecule has 11 heavy (non-hydrogen) atoms. The van der Waals surface area contributed by atoms with Crippen molar-refractivity contribution in [2.45, 2.75) is 19.7 Å². The lowest BCUT2D eigenvalue weighted by Gasteiger charge is -2.02. The molecule has 62 valence electrons. The second kappa shape index (κ2) is 4.58. The molecular formula is C8H11Cl2N. The first-order valence-electron chi connectivity index (χ1n) is 3.22. The molecule has 0 aromatic carbocycles. The molecular weight excluding hydrogens is 181 g/mol. The first kappa shape index (κ1) is 10.7. The van der Waals surface area contributed by atoms with E-state index in [2.05, 4.69) is 4.98 Å². The standard InChI is InChI=1S/C8H10ClN.ClH/c1-6-7(2)10-4-3-8(6)5-9;/h3-4H,5H2,1-2H3;1H. The summed E-state index contributed by atoms with van der Waals surface area (Å²) in [5.74, 6) is 0.579. The predicted octanol–water partition coefficient (Wildman–Crippen LogP) is 2.86. The smallest absolute Gasteiger partial charge is 0.0477 e. The predicted molar refractivity (Wildman–Crippen MR) is 50.5 cm³/mol. The number of hydrogen-bond acceptors (Lipinski definition) is 1. The second-order valence-electron chi connectivity index (χ2n) is 2.31. The van der Waals surface area contributed by atoms with Crippen LogP contribution in [0.15, 0.2) is 12.3 Å². The van der Waals surface area contributed by atoms with Gasteiger partial charge in [0.05, 0.1) is 0 Å². The maximum Gasteiger partial charge on any atom is 0.0477 e. The van der Waals surface area contributed by atoms with E-state index in [4.69, 9.17) is 11.6 Å². The molecule has 0 atom stereocenters. The van der Waals surface area contributed by atoms with E-state index in [0.29, 0.717) is 5.88 Å². The maximum absolute atomic E-state index is 5.68. The third-order valence-electron chi connectivity index (χ3n) is 1.71. The van der Waals surface area contributed by atoms with Crippen molar-refractivity contribution in [1.82, 2.24) is 4.98 Å². The van der Waals surface area contributed by atoms with E-state index in [0.717, 1.165) is 5.69 Å². The minimum absolute atomic E-state index is 0. The summed E-state index contributed by atoms with van der Waals surface area (Å²) in [5, 5.41) is 0. The van der Waals surface area contributed by atoms with Crippen LogP contribution >= 0.6 is 24.0 Å². The van der Waals surface area contributed by atoms with Crippen molar-refractivity contribution in [3.05, 3.63) is 29.1 Å². The van der Waals surface area contributed by atoms with Gasteiger partial charge in [0.25, 0.3) is 0 Å². The highest BCUT2D eigenvalue weighted by molar-refractivity contribution is 6.17. The Morgan fingerprint density at radius 3 is 2.55 bits per heavy atom. The molecule has 0 aliphatic carbocycles. The van der Waals surface area contributed by atoms with Gasteiger partial charge in [-0.3, -0.25) is 4.98 Å². The van der Waals surface area contributed by atoms with E-state index in [9.17, 15) is 0 Å². The molecule has 0 saturated carbocycles. The van der Waals surface area contributed by atoms with E-state index < -0.39 is 0 Å². The van der Waals surface area contributed by atoms with Crippen molar-refractivity contribution < 1.29 is 0 Å². The first-order chi connectivity index (χ1) is 4.75. The Bertz CT molecular complexity index is 236. The third-order valence-corrected chi connectivity index (χ3v) is 2.00. The van der Waals surface area contributed by atoms with Gasteiger partial charge >= 0.3 is 0 Å². The van der Waals surface area contributed by atoms with Crippen LogP contribution in [0.2, 0.25) is 0 Å². The number of pyridine rings is 1. The van der Waals surface area contributed by atoms with Gasteiger partial charge in [-0.15, -0.1) is 24.0 Å². The lowest BCUT2D eigenvalue weighted by Crippen LogP contribution is -1.90. The highest BCUT2D eigenvalue weighted by Gasteiger charge is 1.97. The van der Waals surface area contributed by atoms with E-state index in [-0.39, 0.29) is 12.4 Å². The highest BCUT2D eigenvalue weighted by Crippen LogP contribution is 2.11. The van der Waals surface area contributed by atoms with Crippen LogP contribution in [0, 0.1) is 13.8 Å². The normalized spacial score (nSPS) is 9.00. The summed E-state index contributed by atoms with van der Waals surface area (Å²) in [6.07, 6.45) is 1.79. The van der Waals surface area contributed by atoms with Crippen LogP contribution in [-0.4, -0.2) is 4.98 Å². The minimum atomic E-state index is 0. The van der Waals surface area contributed by atoms with E-state index in [1.165, 1.54) is 11.1 Å². The zero-order valence-corrected chi connectivity index (χ0v) is 8.17. The van der Waals surface area contributed by atoms with E-state index >= 15 is 0 Å². The molecule has 0 aliphatic rings. The molecule has 1 heterocycles. The van der Waals surface area contributed by atoms with Crippen molar-refractivity contribution in [3.8, 4) is 0 Å².